The fraction of sp³-hybridized carbons (Fsp3) is 0.870. The summed E-state index contributed by atoms with van der Waals surface area (Å²) in [5.74, 6) is 0.390. The van der Waals surface area contributed by atoms with E-state index >= 15 is 0 Å². The SMILES string of the molecule is CCOCCN1CC[C@H]2NC(=O)CNC(=O)C3(CCCC[C@H]2C1)CCN(C(C)=O)CC3. The predicted molar refractivity (Wildman–Crippen MR) is 118 cm³/mol. The minimum Gasteiger partial charge on any atom is -0.380 e. The summed E-state index contributed by atoms with van der Waals surface area (Å²) in [5, 5.41) is 6.11. The number of carbonyl (C=O) groups is 3. The molecule has 0 bridgehead atoms. The summed E-state index contributed by atoms with van der Waals surface area (Å²) < 4.78 is 5.52. The van der Waals surface area contributed by atoms with Gasteiger partial charge in [-0.25, -0.2) is 0 Å². The summed E-state index contributed by atoms with van der Waals surface area (Å²) in [7, 11) is 0. The maximum Gasteiger partial charge on any atom is 0.239 e. The van der Waals surface area contributed by atoms with Crippen molar-refractivity contribution in [1.82, 2.24) is 20.4 Å². The number of rotatable bonds is 4. The van der Waals surface area contributed by atoms with Crippen LogP contribution in [-0.4, -0.2) is 86.0 Å². The highest BCUT2D eigenvalue weighted by Gasteiger charge is 2.42. The maximum absolute atomic E-state index is 13.1. The summed E-state index contributed by atoms with van der Waals surface area (Å²) in [6.07, 6.45) is 6.26. The third-order valence-electron chi connectivity index (χ3n) is 7.46. The zero-order valence-electron chi connectivity index (χ0n) is 19.3. The molecule has 3 aliphatic heterocycles. The van der Waals surface area contributed by atoms with E-state index < -0.39 is 5.41 Å². The molecule has 2 atom stereocenters. The van der Waals surface area contributed by atoms with Gasteiger partial charge in [-0.1, -0.05) is 12.8 Å². The van der Waals surface area contributed by atoms with Gasteiger partial charge in [0.2, 0.25) is 17.7 Å². The molecule has 1 spiro atoms. The number of nitrogens with one attached hydrogen (secondary N) is 2. The van der Waals surface area contributed by atoms with Gasteiger partial charge in [-0.2, -0.15) is 0 Å². The first kappa shape index (κ1) is 24.0. The lowest BCUT2D eigenvalue weighted by molar-refractivity contribution is -0.141. The van der Waals surface area contributed by atoms with Crippen LogP contribution in [0.2, 0.25) is 0 Å². The Labute approximate surface area is 186 Å². The summed E-state index contributed by atoms with van der Waals surface area (Å²) in [6, 6.07) is 0.180. The van der Waals surface area contributed by atoms with Crippen molar-refractivity contribution in [3.05, 3.63) is 0 Å². The van der Waals surface area contributed by atoms with Gasteiger partial charge in [0.05, 0.1) is 18.6 Å². The molecule has 0 aromatic heterocycles. The van der Waals surface area contributed by atoms with E-state index in [1.165, 1.54) is 0 Å². The Kier molecular flexibility index (Phi) is 8.72. The van der Waals surface area contributed by atoms with Gasteiger partial charge in [0.15, 0.2) is 0 Å². The van der Waals surface area contributed by atoms with Crippen molar-refractivity contribution in [1.29, 1.82) is 0 Å². The number of piperidine rings is 2. The number of carbonyl (C=O) groups excluding carboxylic acids is 3. The van der Waals surface area contributed by atoms with E-state index in [2.05, 4.69) is 15.5 Å². The van der Waals surface area contributed by atoms with Crippen LogP contribution in [-0.2, 0) is 19.1 Å². The van der Waals surface area contributed by atoms with E-state index in [0.29, 0.717) is 31.8 Å². The van der Waals surface area contributed by atoms with Gasteiger partial charge in [-0.05, 0) is 44.9 Å². The third-order valence-corrected chi connectivity index (χ3v) is 7.46. The molecule has 3 saturated heterocycles. The number of nitrogens with zero attached hydrogens (tertiary/aromatic N) is 2. The molecule has 0 aromatic rings. The molecule has 31 heavy (non-hydrogen) atoms. The Hall–Kier alpha value is -1.67. The molecule has 8 heteroatoms. The molecular weight excluding hydrogens is 396 g/mol. The van der Waals surface area contributed by atoms with Crippen molar-refractivity contribution in [2.45, 2.75) is 64.8 Å². The van der Waals surface area contributed by atoms with E-state index in [-0.39, 0.29) is 30.3 Å². The van der Waals surface area contributed by atoms with Crippen LogP contribution in [0.25, 0.3) is 0 Å². The molecule has 3 amide bonds. The molecular formula is C23H40N4O4. The lowest BCUT2D eigenvalue weighted by Gasteiger charge is -2.42. The number of hydrogen-bond acceptors (Lipinski definition) is 5. The highest BCUT2D eigenvalue weighted by atomic mass is 16.5. The first-order valence-electron chi connectivity index (χ1n) is 12.1. The molecule has 0 radical (unpaired) electrons. The van der Waals surface area contributed by atoms with Crippen molar-refractivity contribution in [3.63, 3.8) is 0 Å². The van der Waals surface area contributed by atoms with E-state index in [0.717, 1.165) is 65.0 Å². The Morgan fingerprint density at radius 2 is 1.90 bits per heavy atom. The molecule has 3 rings (SSSR count). The van der Waals surface area contributed by atoms with Crippen molar-refractivity contribution in [2.75, 3.05) is 52.5 Å². The molecule has 0 aromatic carbocycles. The van der Waals surface area contributed by atoms with Crippen molar-refractivity contribution in [2.24, 2.45) is 11.3 Å². The molecule has 0 saturated carbocycles. The normalized spacial score (nSPS) is 28.1. The third kappa shape index (κ3) is 6.42. The minimum absolute atomic E-state index is 0.0197. The zero-order chi connectivity index (χ0) is 22.3. The molecule has 0 aliphatic carbocycles. The summed E-state index contributed by atoms with van der Waals surface area (Å²) in [6.45, 7) is 9.28. The zero-order valence-corrected chi connectivity index (χ0v) is 19.3. The van der Waals surface area contributed by atoms with E-state index in [1.54, 1.807) is 6.92 Å². The molecule has 8 nitrogen and oxygen atoms in total. The van der Waals surface area contributed by atoms with Crippen LogP contribution in [0.1, 0.15) is 58.8 Å². The number of fused-ring (bicyclic) bond motifs is 1. The van der Waals surface area contributed by atoms with Crippen molar-refractivity contribution >= 4 is 17.7 Å². The van der Waals surface area contributed by atoms with Gasteiger partial charge in [-0.3, -0.25) is 14.4 Å². The van der Waals surface area contributed by atoms with Gasteiger partial charge in [0, 0.05) is 52.3 Å². The lowest BCUT2D eigenvalue weighted by atomic mass is 9.73. The fourth-order valence-electron chi connectivity index (χ4n) is 5.45. The molecule has 3 heterocycles. The van der Waals surface area contributed by atoms with Crippen LogP contribution in [0.15, 0.2) is 0 Å². The quantitative estimate of drug-likeness (QED) is 0.645. The highest BCUT2D eigenvalue weighted by molar-refractivity contribution is 5.88. The minimum atomic E-state index is -0.457. The van der Waals surface area contributed by atoms with E-state index in [9.17, 15) is 14.4 Å². The summed E-state index contributed by atoms with van der Waals surface area (Å²) >= 11 is 0. The van der Waals surface area contributed by atoms with Gasteiger partial charge in [0.1, 0.15) is 0 Å². The average Bonchev–Trinajstić information content (AvgIpc) is 2.76. The lowest BCUT2D eigenvalue weighted by Crippen LogP contribution is -2.55. The first-order valence-corrected chi connectivity index (χ1v) is 12.1. The molecule has 3 fully saturated rings. The van der Waals surface area contributed by atoms with Gasteiger partial charge in [0.25, 0.3) is 0 Å². The predicted octanol–water partition coefficient (Wildman–Crippen LogP) is 1.15. The summed E-state index contributed by atoms with van der Waals surface area (Å²) in [4.78, 5) is 41.6. The van der Waals surface area contributed by atoms with Crippen molar-refractivity contribution < 1.29 is 19.1 Å². The summed E-state index contributed by atoms with van der Waals surface area (Å²) in [5.41, 5.74) is -0.457. The Bertz CT molecular complexity index is 633. The fourth-order valence-corrected chi connectivity index (χ4v) is 5.45. The number of likely N-dealkylation sites (tertiary alicyclic amines) is 2. The second-order valence-corrected chi connectivity index (χ2v) is 9.44. The van der Waals surface area contributed by atoms with Crippen LogP contribution < -0.4 is 10.6 Å². The standard InChI is InChI=1S/C23H40N4O4/c1-3-31-15-14-26-11-7-20-19(17-26)6-4-5-8-23(22(30)24-16-21(29)25-20)9-12-27(13-10-23)18(2)28/h19-20H,3-17H2,1-2H3,(H,24,30)(H,25,29)/t19-,20+/m0/s1. The van der Waals surface area contributed by atoms with Gasteiger partial charge >= 0.3 is 0 Å². The van der Waals surface area contributed by atoms with Crippen molar-refractivity contribution in [3.8, 4) is 0 Å². The number of amides is 3. The van der Waals surface area contributed by atoms with Crippen LogP contribution in [0.4, 0.5) is 0 Å². The van der Waals surface area contributed by atoms with Crippen LogP contribution >= 0.6 is 0 Å². The second-order valence-electron chi connectivity index (χ2n) is 9.44. The van der Waals surface area contributed by atoms with Gasteiger partial charge in [-0.15, -0.1) is 0 Å². The maximum atomic E-state index is 13.1. The van der Waals surface area contributed by atoms with E-state index in [4.69, 9.17) is 4.74 Å². The molecule has 2 N–H and O–H groups in total. The van der Waals surface area contributed by atoms with Crippen LogP contribution in [0, 0.1) is 11.3 Å². The number of ether oxygens (including phenoxy) is 1. The Morgan fingerprint density at radius 3 is 2.61 bits per heavy atom. The Balaban J connectivity index is 1.61. The molecule has 0 unspecified atom stereocenters. The van der Waals surface area contributed by atoms with Gasteiger partial charge < -0.3 is 25.2 Å². The highest BCUT2D eigenvalue weighted by Crippen LogP contribution is 2.38. The Morgan fingerprint density at radius 1 is 1.13 bits per heavy atom. The topological polar surface area (TPSA) is 91.0 Å². The second kappa shape index (κ2) is 11.3. The molecule has 176 valence electrons. The van der Waals surface area contributed by atoms with Crippen LogP contribution in [0.5, 0.6) is 0 Å². The smallest absolute Gasteiger partial charge is 0.239 e. The number of hydrogen-bond donors (Lipinski definition) is 2. The average molecular weight is 437 g/mol. The molecule has 3 aliphatic rings. The van der Waals surface area contributed by atoms with Crippen LogP contribution in [0.3, 0.4) is 0 Å². The van der Waals surface area contributed by atoms with E-state index in [1.807, 2.05) is 11.8 Å². The first-order chi connectivity index (χ1) is 14.9. The monoisotopic (exact) mass is 436 g/mol. The largest absolute Gasteiger partial charge is 0.380 e.